The zero-order valence-corrected chi connectivity index (χ0v) is 11.3. The number of aryl methyl sites for hydroxylation is 1. The third kappa shape index (κ3) is 3.42. The van der Waals surface area contributed by atoms with Crippen LogP contribution in [-0.2, 0) is 12.8 Å². The van der Waals surface area contributed by atoms with Crippen molar-refractivity contribution in [2.75, 3.05) is 18.3 Å². The molecule has 0 aliphatic heterocycles. The Morgan fingerprint density at radius 3 is 3.00 bits per heavy atom. The Bertz CT molecular complexity index is 490. The van der Waals surface area contributed by atoms with E-state index in [-0.39, 0.29) is 6.04 Å². The Balaban J connectivity index is 2.03. The molecule has 1 heterocycles. The van der Waals surface area contributed by atoms with Gasteiger partial charge in [0.2, 0.25) is 0 Å². The summed E-state index contributed by atoms with van der Waals surface area (Å²) in [6, 6.07) is 0.128. The maximum atomic E-state index is 7.82. The lowest BCUT2D eigenvalue weighted by atomic mass is 9.98. The molecule has 0 amide bonds. The van der Waals surface area contributed by atoms with E-state index in [2.05, 4.69) is 15.6 Å². The number of anilines is 1. The fourth-order valence-corrected chi connectivity index (χ4v) is 3.02. The van der Waals surface area contributed by atoms with E-state index in [0.29, 0.717) is 18.0 Å². The Morgan fingerprint density at radius 1 is 1.41 bits per heavy atom. The van der Waals surface area contributed by atoms with Gasteiger partial charge in [0, 0.05) is 22.9 Å². The summed E-state index contributed by atoms with van der Waals surface area (Å²) in [4.78, 5) is 5.62. The molecule has 1 atom stereocenters. The van der Waals surface area contributed by atoms with Crippen molar-refractivity contribution in [1.82, 2.24) is 10.3 Å². The molecule has 1 aromatic heterocycles. The molecule has 0 spiro atoms. The molecule has 0 radical (unpaired) electrons. The Labute approximate surface area is 114 Å². The molecule has 1 aliphatic carbocycles. The van der Waals surface area contributed by atoms with Crippen LogP contribution in [0.3, 0.4) is 0 Å². The fourth-order valence-electron chi connectivity index (χ4n) is 1.96. The number of nitrogens with one attached hydrogen (secondary N) is 2. The van der Waals surface area contributed by atoms with Crippen LogP contribution in [0.2, 0.25) is 0 Å². The van der Waals surface area contributed by atoms with Crippen LogP contribution in [-0.4, -0.2) is 24.0 Å². The normalized spacial score (nSPS) is 24.2. The molecule has 2 N–H and O–H groups in total. The van der Waals surface area contributed by atoms with Crippen LogP contribution in [0.25, 0.3) is 0 Å². The first kappa shape index (κ1) is 8.48. The Hall–Kier alpha value is -0.610. The van der Waals surface area contributed by atoms with E-state index < -0.39 is 13.0 Å². The highest BCUT2D eigenvalue weighted by Gasteiger charge is 2.21. The van der Waals surface area contributed by atoms with Gasteiger partial charge >= 0.3 is 0 Å². The monoisotopic (exact) mass is 257 g/mol. The van der Waals surface area contributed by atoms with Crippen LogP contribution in [0.15, 0.2) is 0 Å². The zero-order chi connectivity index (χ0) is 15.7. The second-order valence-electron chi connectivity index (χ2n) is 4.16. The number of aromatic nitrogens is 1. The summed E-state index contributed by atoms with van der Waals surface area (Å²) in [5, 5.41) is 6.55. The third-order valence-electron chi connectivity index (χ3n) is 2.79. The van der Waals surface area contributed by atoms with Crippen molar-refractivity contribution < 1.29 is 5.48 Å². The van der Waals surface area contributed by atoms with Gasteiger partial charge in [0.25, 0.3) is 0 Å². The second kappa shape index (κ2) is 6.36. The molecule has 0 aromatic carbocycles. The number of thiazole rings is 1. The van der Waals surface area contributed by atoms with Crippen LogP contribution in [0, 0.1) is 0 Å². The molecular formula is C13H23N3S. The topological polar surface area (TPSA) is 37.0 Å². The van der Waals surface area contributed by atoms with Crippen molar-refractivity contribution in [3.8, 4) is 0 Å². The second-order valence-corrected chi connectivity index (χ2v) is 5.24. The molecule has 0 saturated heterocycles. The molecule has 0 bridgehead atoms. The predicted octanol–water partition coefficient (Wildman–Crippen LogP) is 2.82. The van der Waals surface area contributed by atoms with Gasteiger partial charge in [0.15, 0.2) is 5.13 Å². The number of hydrogen-bond donors (Lipinski definition) is 2. The van der Waals surface area contributed by atoms with Crippen LogP contribution >= 0.6 is 11.3 Å². The van der Waals surface area contributed by atoms with E-state index >= 15 is 0 Å². The lowest BCUT2D eigenvalue weighted by molar-refractivity contribution is 0.460. The van der Waals surface area contributed by atoms with Gasteiger partial charge in [-0.2, -0.15) is 0 Å². The summed E-state index contributed by atoms with van der Waals surface area (Å²) >= 11 is 1.49. The van der Waals surface area contributed by atoms with E-state index in [9.17, 15) is 0 Å². The molecule has 96 valence electrons. The molecular weight excluding hydrogens is 230 g/mol. The van der Waals surface area contributed by atoms with E-state index in [1.165, 1.54) is 11.3 Å². The number of fused-ring (bicyclic) bond motifs is 1. The number of rotatable bonds is 6. The minimum atomic E-state index is -1.43. The molecule has 2 rings (SSSR count). The molecule has 4 heteroatoms. The first-order valence-electron chi connectivity index (χ1n) is 8.29. The maximum Gasteiger partial charge on any atom is 0.183 e. The van der Waals surface area contributed by atoms with E-state index in [1.54, 1.807) is 6.92 Å². The molecule has 0 saturated carbocycles. The van der Waals surface area contributed by atoms with Gasteiger partial charge in [0.1, 0.15) is 0 Å². The summed E-state index contributed by atoms with van der Waals surface area (Å²) in [7, 11) is 0. The minimum absolute atomic E-state index is 0.128. The SMILES string of the molecule is [2H]C([2H])(CC)Nc1nc2c(s1)C[C@@H](NC([2H])([2H])CC)CC2. The molecule has 17 heavy (non-hydrogen) atoms. The van der Waals surface area contributed by atoms with Crippen molar-refractivity contribution in [2.45, 2.75) is 52.0 Å². The quantitative estimate of drug-likeness (QED) is 0.823. The predicted molar refractivity (Wildman–Crippen MR) is 75.0 cm³/mol. The van der Waals surface area contributed by atoms with Crippen molar-refractivity contribution in [1.29, 1.82) is 0 Å². The number of hydrogen-bond acceptors (Lipinski definition) is 4. The summed E-state index contributed by atoms with van der Waals surface area (Å²) in [5.74, 6) is 0. The highest BCUT2D eigenvalue weighted by atomic mass is 32.1. The van der Waals surface area contributed by atoms with E-state index in [1.807, 2.05) is 6.92 Å². The van der Waals surface area contributed by atoms with Crippen LogP contribution in [0.4, 0.5) is 5.13 Å². The van der Waals surface area contributed by atoms with Crippen molar-refractivity contribution in [2.24, 2.45) is 0 Å². The summed E-state index contributed by atoms with van der Waals surface area (Å²) in [6.07, 6.45) is 3.29. The highest BCUT2D eigenvalue weighted by molar-refractivity contribution is 7.15. The zero-order valence-electron chi connectivity index (χ0n) is 14.5. The highest BCUT2D eigenvalue weighted by Crippen LogP contribution is 2.29. The van der Waals surface area contributed by atoms with Gasteiger partial charge in [-0.1, -0.05) is 13.8 Å². The standard InChI is InChI=1S/C13H23N3S/c1-3-7-14-10-5-6-11-12(9-10)17-13(16-11)15-8-4-2/h10,14H,3-9H2,1-2H3,(H,15,16)/t10-/m0/s1/i7D2,8D2. The lowest BCUT2D eigenvalue weighted by Crippen LogP contribution is -2.34. The van der Waals surface area contributed by atoms with Crippen LogP contribution < -0.4 is 10.6 Å². The summed E-state index contributed by atoms with van der Waals surface area (Å²) < 4.78 is 31.2. The first-order valence-corrected chi connectivity index (χ1v) is 7.11. The van der Waals surface area contributed by atoms with Gasteiger partial charge in [-0.05, 0) is 38.6 Å². The van der Waals surface area contributed by atoms with Gasteiger partial charge < -0.3 is 10.6 Å². The number of nitrogens with zero attached hydrogens (tertiary/aromatic N) is 1. The summed E-state index contributed by atoms with van der Waals surface area (Å²) in [6.45, 7) is 0.877. The lowest BCUT2D eigenvalue weighted by Gasteiger charge is -2.21. The molecule has 1 aliphatic rings. The Morgan fingerprint density at radius 2 is 2.24 bits per heavy atom. The van der Waals surface area contributed by atoms with Crippen LogP contribution in [0.5, 0.6) is 0 Å². The fraction of sp³-hybridized carbons (Fsp3) is 0.769. The largest absolute Gasteiger partial charge is 0.362 e. The molecule has 0 fully saturated rings. The van der Waals surface area contributed by atoms with Gasteiger partial charge in [-0.25, -0.2) is 4.98 Å². The van der Waals surface area contributed by atoms with Crippen LogP contribution in [0.1, 0.15) is 49.2 Å². The van der Waals surface area contributed by atoms with Gasteiger partial charge in [-0.15, -0.1) is 11.3 Å². The minimum Gasteiger partial charge on any atom is -0.362 e. The van der Waals surface area contributed by atoms with Crippen molar-refractivity contribution >= 4 is 16.5 Å². The van der Waals surface area contributed by atoms with E-state index in [0.717, 1.165) is 29.8 Å². The van der Waals surface area contributed by atoms with E-state index in [4.69, 9.17) is 5.48 Å². The average Bonchev–Trinajstić information content (AvgIpc) is 2.79. The first-order chi connectivity index (χ1) is 9.74. The third-order valence-corrected chi connectivity index (χ3v) is 3.83. The van der Waals surface area contributed by atoms with Crippen molar-refractivity contribution in [3.63, 3.8) is 0 Å². The molecule has 0 unspecified atom stereocenters. The average molecular weight is 257 g/mol. The smallest absolute Gasteiger partial charge is 0.183 e. The maximum absolute atomic E-state index is 7.82. The summed E-state index contributed by atoms with van der Waals surface area (Å²) in [5.41, 5.74) is 1.03. The van der Waals surface area contributed by atoms with Gasteiger partial charge in [0.05, 0.1) is 5.69 Å². The Kier molecular flexibility index (Phi) is 3.17. The van der Waals surface area contributed by atoms with Crippen molar-refractivity contribution in [3.05, 3.63) is 10.6 Å². The molecule has 1 aromatic rings. The molecule has 3 nitrogen and oxygen atoms in total. The van der Waals surface area contributed by atoms with Gasteiger partial charge in [-0.3, -0.25) is 0 Å².